The van der Waals surface area contributed by atoms with Crippen molar-refractivity contribution >= 4 is 29.9 Å². The number of piperidine rings is 1. The van der Waals surface area contributed by atoms with Gasteiger partial charge in [0.2, 0.25) is 5.91 Å². The van der Waals surface area contributed by atoms with Gasteiger partial charge in [0.15, 0.2) is 0 Å². The predicted molar refractivity (Wildman–Crippen MR) is 107 cm³/mol. The van der Waals surface area contributed by atoms with Crippen molar-refractivity contribution in [3.05, 3.63) is 64.7 Å². The number of benzene rings is 2. The van der Waals surface area contributed by atoms with Gasteiger partial charge in [0.05, 0.1) is 6.42 Å². The molecule has 1 aliphatic rings. The van der Waals surface area contributed by atoms with Crippen LogP contribution in [0.3, 0.4) is 0 Å². The van der Waals surface area contributed by atoms with Crippen LogP contribution in [0.25, 0.3) is 0 Å². The molecule has 0 aliphatic carbocycles. The van der Waals surface area contributed by atoms with Gasteiger partial charge in [-0.15, -0.1) is 12.4 Å². The summed E-state index contributed by atoms with van der Waals surface area (Å²) in [7, 11) is 0. The SMILES string of the molecule is Cl.O=C(Cc1cccc(OCc2ccc(Cl)cc2)c1)NC1CCCNC1. The fourth-order valence-corrected chi connectivity index (χ4v) is 3.06. The zero-order chi connectivity index (χ0) is 17.5. The molecule has 26 heavy (non-hydrogen) atoms. The average molecular weight is 395 g/mol. The smallest absolute Gasteiger partial charge is 0.224 e. The minimum atomic E-state index is 0. The van der Waals surface area contributed by atoms with Crippen molar-refractivity contribution < 1.29 is 9.53 Å². The highest BCUT2D eigenvalue weighted by Gasteiger charge is 2.15. The molecule has 2 aromatic carbocycles. The van der Waals surface area contributed by atoms with Crippen molar-refractivity contribution in [2.45, 2.75) is 31.9 Å². The molecule has 0 aromatic heterocycles. The Balaban J connectivity index is 0.00000243. The van der Waals surface area contributed by atoms with E-state index in [0.29, 0.717) is 18.1 Å². The maximum atomic E-state index is 12.2. The molecule has 0 spiro atoms. The lowest BCUT2D eigenvalue weighted by molar-refractivity contribution is -0.121. The molecular weight excluding hydrogens is 371 g/mol. The number of hydrogen-bond acceptors (Lipinski definition) is 3. The molecule has 1 unspecified atom stereocenters. The van der Waals surface area contributed by atoms with Crippen LogP contribution < -0.4 is 15.4 Å². The van der Waals surface area contributed by atoms with Crippen LogP contribution in [-0.2, 0) is 17.8 Å². The van der Waals surface area contributed by atoms with Crippen molar-refractivity contribution in [3.8, 4) is 5.75 Å². The second-order valence-corrected chi connectivity index (χ2v) is 6.79. The summed E-state index contributed by atoms with van der Waals surface area (Å²) < 4.78 is 5.82. The molecule has 3 rings (SSSR count). The molecule has 2 N–H and O–H groups in total. The van der Waals surface area contributed by atoms with Gasteiger partial charge >= 0.3 is 0 Å². The van der Waals surface area contributed by atoms with Gasteiger partial charge in [0, 0.05) is 17.6 Å². The summed E-state index contributed by atoms with van der Waals surface area (Å²) in [5.74, 6) is 0.822. The van der Waals surface area contributed by atoms with E-state index in [9.17, 15) is 4.79 Å². The first kappa shape index (κ1) is 20.6. The van der Waals surface area contributed by atoms with Crippen molar-refractivity contribution in [2.75, 3.05) is 13.1 Å². The molecule has 4 nitrogen and oxygen atoms in total. The zero-order valence-corrected chi connectivity index (χ0v) is 16.1. The zero-order valence-electron chi connectivity index (χ0n) is 14.5. The first-order valence-electron chi connectivity index (χ1n) is 8.65. The third-order valence-corrected chi connectivity index (χ3v) is 4.50. The number of ether oxygens (including phenoxy) is 1. The third-order valence-electron chi connectivity index (χ3n) is 4.24. The molecule has 1 heterocycles. The number of nitrogens with one attached hydrogen (secondary N) is 2. The van der Waals surface area contributed by atoms with Crippen LogP contribution in [0.15, 0.2) is 48.5 Å². The third kappa shape index (κ3) is 6.52. The van der Waals surface area contributed by atoms with Gasteiger partial charge < -0.3 is 15.4 Å². The van der Waals surface area contributed by atoms with E-state index in [1.807, 2.05) is 48.5 Å². The molecule has 0 radical (unpaired) electrons. The van der Waals surface area contributed by atoms with Gasteiger partial charge in [-0.25, -0.2) is 0 Å². The van der Waals surface area contributed by atoms with Crippen molar-refractivity contribution in [3.63, 3.8) is 0 Å². The van der Waals surface area contributed by atoms with Crippen LogP contribution in [0.2, 0.25) is 5.02 Å². The van der Waals surface area contributed by atoms with Crippen LogP contribution in [0.4, 0.5) is 0 Å². The Morgan fingerprint density at radius 2 is 2.00 bits per heavy atom. The highest BCUT2D eigenvalue weighted by molar-refractivity contribution is 6.30. The largest absolute Gasteiger partial charge is 0.489 e. The quantitative estimate of drug-likeness (QED) is 0.783. The fraction of sp³-hybridized carbons (Fsp3) is 0.350. The molecule has 6 heteroatoms. The number of halogens is 2. The second-order valence-electron chi connectivity index (χ2n) is 6.35. The monoisotopic (exact) mass is 394 g/mol. The maximum absolute atomic E-state index is 12.2. The van der Waals surface area contributed by atoms with Crippen LogP contribution in [0.5, 0.6) is 5.75 Å². The molecule has 1 fully saturated rings. The van der Waals surface area contributed by atoms with Gasteiger partial charge in [-0.05, 0) is 54.8 Å². The first-order chi connectivity index (χ1) is 12.2. The van der Waals surface area contributed by atoms with Crippen molar-refractivity contribution in [1.29, 1.82) is 0 Å². The second kappa shape index (κ2) is 10.4. The van der Waals surface area contributed by atoms with E-state index < -0.39 is 0 Å². The number of carbonyl (C=O) groups excluding carboxylic acids is 1. The molecule has 140 valence electrons. The van der Waals surface area contributed by atoms with Crippen LogP contribution in [0, 0.1) is 0 Å². The number of amides is 1. The highest BCUT2D eigenvalue weighted by atomic mass is 35.5. The first-order valence-corrected chi connectivity index (χ1v) is 9.03. The minimum Gasteiger partial charge on any atom is -0.489 e. The summed E-state index contributed by atoms with van der Waals surface area (Å²) in [5, 5.41) is 7.11. The Hall–Kier alpha value is -1.75. The van der Waals surface area contributed by atoms with Gasteiger partial charge in [-0.1, -0.05) is 35.9 Å². The summed E-state index contributed by atoms with van der Waals surface area (Å²) in [6, 6.07) is 15.5. The Morgan fingerprint density at radius 1 is 1.19 bits per heavy atom. The van der Waals surface area contributed by atoms with Crippen LogP contribution >= 0.6 is 24.0 Å². The lowest BCUT2D eigenvalue weighted by atomic mass is 10.1. The molecule has 0 bridgehead atoms. The molecular formula is C20H24Cl2N2O2. The molecule has 1 amide bonds. The predicted octanol–water partition coefficient (Wildman–Crippen LogP) is 3.75. The van der Waals surface area contributed by atoms with E-state index in [2.05, 4.69) is 10.6 Å². The van der Waals surface area contributed by atoms with E-state index in [-0.39, 0.29) is 24.4 Å². The Labute approximate surface area is 165 Å². The van der Waals surface area contributed by atoms with Gasteiger partial charge in [0.1, 0.15) is 12.4 Å². The highest BCUT2D eigenvalue weighted by Crippen LogP contribution is 2.17. The van der Waals surface area contributed by atoms with E-state index in [0.717, 1.165) is 42.8 Å². The van der Waals surface area contributed by atoms with E-state index in [1.165, 1.54) is 0 Å². The van der Waals surface area contributed by atoms with E-state index in [4.69, 9.17) is 16.3 Å². The van der Waals surface area contributed by atoms with Crippen LogP contribution in [-0.4, -0.2) is 25.0 Å². The van der Waals surface area contributed by atoms with E-state index >= 15 is 0 Å². The summed E-state index contributed by atoms with van der Waals surface area (Å²) in [4.78, 5) is 12.2. The van der Waals surface area contributed by atoms with Gasteiger partial charge in [-0.3, -0.25) is 4.79 Å². The number of hydrogen-bond donors (Lipinski definition) is 2. The lowest BCUT2D eigenvalue weighted by Gasteiger charge is -2.23. The molecule has 1 atom stereocenters. The number of rotatable bonds is 6. The normalized spacial score (nSPS) is 16.4. The summed E-state index contributed by atoms with van der Waals surface area (Å²) in [6.45, 7) is 2.37. The maximum Gasteiger partial charge on any atom is 0.224 e. The minimum absolute atomic E-state index is 0. The van der Waals surface area contributed by atoms with Gasteiger partial charge in [0.25, 0.3) is 0 Å². The lowest BCUT2D eigenvalue weighted by Crippen LogP contribution is -2.46. The summed E-state index contributed by atoms with van der Waals surface area (Å²) in [6.07, 6.45) is 2.52. The molecule has 1 saturated heterocycles. The number of carbonyl (C=O) groups is 1. The fourth-order valence-electron chi connectivity index (χ4n) is 2.93. The molecule has 2 aromatic rings. The van der Waals surface area contributed by atoms with E-state index in [1.54, 1.807) is 0 Å². The topological polar surface area (TPSA) is 50.4 Å². The molecule has 1 aliphatic heterocycles. The average Bonchev–Trinajstić information content (AvgIpc) is 2.62. The summed E-state index contributed by atoms with van der Waals surface area (Å²) >= 11 is 5.89. The standard InChI is InChI=1S/C20H23ClN2O2.ClH/c21-17-8-6-15(7-9-17)14-25-19-5-1-3-16(11-19)12-20(24)23-18-4-2-10-22-13-18;/h1,3,5-9,11,18,22H,2,4,10,12-14H2,(H,23,24);1H. The molecule has 0 saturated carbocycles. The van der Waals surface area contributed by atoms with Gasteiger partial charge in [-0.2, -0.15) is 0 Å². The summed E-state index contributed by atoms with van der Waals surface area (Å²) in [5.41, 5.74) is 2.01. The van der Waals surface area contributed by atoms with Crippen molar-refractivity contribution in [1.82, 2.24) is 10.6 Å². The Bertz CT molecular complexity index is 701. The van der Waals surface area contributed by atoms with Crippen LogP contribution in [0.1, 0.15) is 24.0 Å². The Morgan fingerprint density at radius 3 is 2.73 bits per heavy atom. The van der Waals surface area contributed by atoms with Crippen molar-refractivity contribution in [2.24, 2.45) is 0 Å². The Kier molecular flexibility index (Phi) is 8.23.